The average Bonchev–Trinajstić information content (AvgIpc) is 3.09. The lowest BCUT2D eigenvalue weighted by Crippen LogP contribution is -2.10. The molecule has 0 bridgehead atoms. The summed E-state index contributed by atoms with van der Waals surface area (Å²) in [4.78, 5) is 24.3. The first-order chi connectivity index (χ1) is 11.4. The molecule has 24 heavy (non-hydrogen) atoms. The molecule has 3 rings (SSSR count). The molecule has 0 amide bonds. The van der Waals surface area contributed by atoms with E-state index >= 15 is 0 Å². The highest BCUT2D eigenvalue weighted by atomic mass is 35.5. The van der Waals surface area contributed by atoms with Gasteiger partial charge in [0.25, 0.3) is 0 Å². The fourth-order valence-electron chi connectivity index (χ4n) is 2.32. The summed E-state index contributed by atoms with van der Waals surface area (Å²) in [6, 6.07) is 9.33. The first kappa shape index (κ1) is 16.7. The van der Waals surface area contributed by atoms with Crippen LogP contribution in [0.1, 0.15) is 27.9 Å². The average molecular weight is 363 g/mol. The predicted octanol–water partition coefficient (Wildman–Crippen LogP) is 3.85. The molecule has 5 nitrogen and oxygen atoms in total. The number of aromatic nitrogens is 2. The van der Waals surface area contributed by atoms with Crippen molar-refractivity contribution in [3.63, 3.8) is 0 Å². The summed E-state index contributed by atoms with van der Waals surface area (Å²) in [6.07, 6.45) is 0. The number of fused-ring (bicyclic) bond motifs is 1. The minimum atomic E-state index is -0.483. The van der Waals surface area contributed by atoms with Gasteiger partial charge in [-0.3, -0.25) is 9.48 Å². The lowest BCUT2D eigenvalue weighted by molar-refractivity contribution is -0.120. The third kappa shape index (κ3) is 3.49. The number of ether oxygens (including phenoxy) is 1. The molecule has 0 unspecified atom stereocenters. The van der Waals surface area contributed by atoms with E-state index in [-0.39, 0.29) is 12.4 Å². The van der Waals surface area contributed by atoms with Crippen LogP contribution in [0.15, 0.2) is 30.3 Å². The molecule has 3 aromatic rings. The highest BCUT2D eigenvalue weighted by Crippen LogP contribution is 2.29. The second-order valence-corrected chi connectivity index (χ2v) is 6.94. The zero-order valence-corrected chi connectivity index (χ0v) is 14.8. The Labute approximate surface area is 147 Å². The van der Waals surface area contributed by atoms with Crippen LogP contribution >= 0.6 is 22.9 Å². The normalized spacial score (nSPS) is 11.0. The molecule has 0 atom stereocenters. The minimum Gasteiger partial charge on any atom is -0.454 e. The number of thiophene rings is 1. The minimum absolute atomic E-state index is 0.186. The maximum absolute atomic E-state index is 12.0. The van der Waals surface area contributed by atoms with Crippen molar-refractivity contribution in [2.75, 3.05) is 6.61 Å². The lowest BCUT2D eigenvalue weighted by atomic mass is 10.2. The molecule has 2 aromatic heterocycles. The Kier molecular flexibility index (Phi) is 4.69. The van der Waals surface area contributed by atoms with Crippen molar-refractivity contribution in [3.8, 4) is 0 Å². The van der Waals surface area contributed by atoms with Crippen LogP contribution in [0.25, 0.3) is 10.2 Å². The number of rotatable bonds is 5. The Hall–Kier alpha value is -2.18. The second kappa shape index (κ2) is 6.75. The number of halogens is 1. The summed E-state index contributed by atoms with van der Waals surface area (Å²) in [5.41, 5.74) is 1.92. The van der Waals surface area contributed by atoms with Gasteiger partial charge in [0.15, 0.2) is 5.78 Å². The van der Waals surface area contributed by atoms with Gasteiger partial charge in [-0.2, -0.15) is 5.10 Å². The number of aryl methyl sites for hydroxylation is 1. The fourth-order valence-corrected chi connectivity index (χ4v) is 3.50. The number of esters is 1. The first-order valence-electron chi connectivity index (χ1n) is 7.32. The number of carbonyl (C=O) groups is 2. The lowest BCUT2D eigenvalue weighted by Gasteiger charge is -2.03. The summed E-state index contributed by atoms with van der Waals surface area (Å²) in [5.74, 6) is -0.668. The van der Waals surface area contributed by atoms with Crippen LogP contribution in [-0.4, -0.2) is 28.1 Å². The molecule has 0 radical (unpaired) electrons. The van der Waals surface area contributed by atoms with Gasteiger partial charge in [-0.25, -0.2) is 4.79 Å². The van der Waals surface area contributed by atoms with Crippen molar-refractivity contribution in [2.24, 2.45) is 0 Å². The van der Waals surface area contributed by atoms with Gasteiger partial charge in [0, 0.05) is 10.4 Å². The van der Waals surface area contributed by atoms with Crippen LogP contribution in [0.2, 0.25) is 5.02 Å². The highest BCUT2D eigenvalue weighted by molar-refractivity contribution is 7.20. The van der Waals surface area contributed by atoms with Gasteiger partial charge < -0.3 is 4.74 Å². The molecule has 0 fully saturated rings. The Morgan fingerprint density at radius 2 is 2.00 bits per heavy atom. The number of ketones is 1. The molecule has 0 aliphatic rings. The molecule has 0 saturated carbocycles. The van der Waals surface area contributed by atoms with Crippen molar-refractivity contribution >= 4 is 44.9 Å². The molecular weight excluding hydrogens is 348 g/mol. The van der Waals surface area contributed by atoms with Crippen LogP contribution in [0.5, 0.6) is 0 Å². The van der Waals surface area contributed by atoms with Gasteiger partial charge in [0.1, 0.15) is 16.3 Å². The Balaban J connectivity index is 1.88. The van der Waals surface area contributed by atoms with E-state index in [0.29, 0.717) is 16.4 Å². The predicted molar refractivity (Wildman–Crippen MR) is 93.9 cm³/mol. The third-order valence-electron chi connectivity index (χ3n) is 3.46. The number of benzene rings is 1. The molecule has 0 aliphatic heterocycles. The van der Waals surface area contributed by atoms with Crippen molar-refractivity contribution in [1.29, 1.82) is 0 Å². The molecule has 1 aromatic carbocycles. The largest absolute Gasteiger partial charge is 0.454 e. The van der Waals surface area contributed by atoms with Crippen LogP contribution in [0.3, 0.4) is 0 Å². The zero-order chi connectivity index (χ0) is 17.3. The van der Waals surface area contributed by atoms with Gasteiger partial charge in [-0.15, -0.1) is 11.3 Å². The number of nitrogens with zero attached hydrogens (tertiary/aromatic N) is 2. The van der Waals surface area contributed by atoms with Crippen molar-refractivity contribution < 1.29 is 14.3 Å². The number of hydrogen-bond acceptors (Lipinski definition) is 5. The second-order valence-electron chi connectivity index (χ2n) is 5.48. The summed E-state index contributed by atoms with van der Waals surface area (Å²) >= 11 is 7.22. The zero-order valence-electron chi connectivity index (χ0n) is 13.2. The van der Waals surface area contributed by atoms with E-state index in [9.17, 15) is 9.59 Å². The quantitative estimate of drug-likeness (QED) is 0.647. The van der Waals surface area contributed by atoms with E-state index in [2.05, 4.69) is 5.10 Å². The standard InChI is InChI=1S/C17H15ClN2O3S/c1-10(21)9-23-17(22)15-7-14-11(2)19-20(16(14)24-15)8-12-3-5-13(18)6-4-12/h3-7H,8-9H2,1-2H3. The topological polar surface area (TPSA) is 61.2 Å². The molecule has 124 valence electrons. The Bertz CT molecular complexity index is 912. The van der Waals surface area contributed by atoms with E-state index in [1.54, 1.807) is 6.07 Å². The molecule has 0 aliphatic carbocycles. The molecule has 2 heterocycles. The van der Waals surface area contributed by atoms with E-state index < -0.39 is 5.97 Å². The smallest absolute Gasteiger partial charge is 0.348 e. The number of hydrogen-bond donors (Lipinski definition) is 0. The molecular formula is C17H15ClN2O3S. The third-order valence-corrected chi connectivity index (χ3v) is 4.84. The van der Waals surface area contributed by atoms with Crippen molar-refractivity contribution in [1.82, 2.24) is 9.78 Å². The monoisotopic (exact) mass is 362 g/mol. The summed E-state index contributed by atoms with van der Waals surface area (Å²) in [7, 11) is 0. The van der Waals surface area contributed by atoms with Gasteiger partial charge in [0.05, 0.1) is 12.2 Å². The van der Waals surface area contributed by atoms with Crippen molar-refractivity contribution in [2.45, 2.75) is 20.4 Å². The van der Waals surface area contributed by atoms with Gasteiger partial charge in [-0.05, 0) is 37.6 Å². The number of carbonyl (C=O) groups excluding carboxylic acids is 2. The maximum Gasteiger partial charge on any atom is 0.348 e. The van der Waals surface area contributed by atoms with Crippen LogP contribution in [0, 0.1) is 6.92 Å². The van der Waals surface area contributed by atoms with Crippen LogP contribution in [0.4, 0.5) is 0 Å². The summed E-state index contributed by atoms with van der Waals surface area (Å²) < 4.78 is 6.84. The molecule has 0 saturated heterocycles. The summed E-state index contributed by atoms with van der Waals surface area (Å²) in [6.45, 7) is 3.66. The van der Waals surface area contributed by atoms with E-state index in [1.807, 2.05) is 35.9 Å². The molecule has 7 heteroatoms. The Morgan fingerprint density at radius 1 is 1.29 bits per heavy atom. The van der Waals surface area contributed by atoms with Gasteiger partial charge in [0.2, 0.25) is 0 Å². The fraction of sp³-hybridized carbons (Fsp3) is 0.235. The van der Waals surface area contributed by atoms with E-state index in [0.717, 1.165) is 21.5 Å². The SMILES string of the molecule is CC(=O)COC(=O)c1cc2c(C)nn(Cc3ccc(Cl)cc3)c2s1. The van der Waals surface area contributed by atoms with Gasteiger partial charge >= 0.3 is 5.97 Å². The Morgan fingerprint density at radius 3 is 2.67 bits per heavy atom. The highest BCUT2D eigenvalue weighted by Gasteiger charge is 2.17. The molecule has 0 spiro atoms. The van der Waals surface area contributed by atoms with E-state index in [1.165, 1.54) is 18.3 Å². The molecule has 0 N–H and O–H groups in total. The van der Waals surface area contributed by atoms with Crippen molar-refractivity contribution in [3.05, 3.63) is 51.5 Å². The first-order valence-corrected chi connectivity index (χ1v) is 8.51. The van der Waals surface area contributed by atoms with Gasteiger partial charge in [-0.1, -0.05) is 23.7 Å². The summed E-state index contributed by atoms with van der Waals surface area (Å²) in [5, 5.41) is 6.14. The number of Topliss-reactive ketones (excluding diaryl/α,β-unsaturated/α-hetero) is 1. The van der Waals surface area contributed by atoms with Crippen LogP contribution in [-0.2, 0) is 16.1 Å². The van der Waals surface area contributed by atoms with Crippen LogP contribution < -0.4 is 0 Å². The van der Waals surface area contributed by atoms with E-state index in [4.69, 9.17) is 16.3 Å². The maximum atomic E-state index is 12.0.